The van der Waals surface area contributed by atoms with Crippen LogP contribution in [0.15, 0.2) is 17.5 Å². The van der Waals surface area contributed by atoms with Crippen LogP contribution in [-0.2, 0) is 13.5 Å². The molecule has 0 aliphatic carbocycles. The Morgan fingerprint density at radius 2 is 2.31 bits per heavy atom. The first kappa shape index (κ1) is 11.4. The summed E-state index contributed by atoms with van der Waals surface area (Å²) in [5, 5.41) is 5.27. The number of thiophene rings is 1. The van der Waals surface area contributed by atoms with Crippen LogP contribution in [0, 0.1) is 6.92 Å². The summed E-state index contributed by atoms with van der Waals surface area (Å²) in [7, 11) is 4.08. The van der Waals surface area contributed by atoms with Gasteiger partial charge in [-0.3, -0.25) is 0 Å². The minimum absolute atomic E-state index is 0.990. The van der Waals surface area contributed by atoms with Crippen LogP contribution in [0.2, 0.25) is 0 Å². The van der Waals surface area contributed by atoms with Gasteiger partial charge in [-0.15, -0.1) is 11.3 Å². The van der Waals surface area contributed by atoms with E-state index in [2.05, 4.69) is 46.4 Å². The topological polar surface area (TPSA) is 29.9 Å². The molecule has 0 spiro atoms. The Morgan fingerprint density at radius 3 is 2.94 bits per heavy atom. The molecule has 0 saturated carbocycles. The van der Waals surface area contributed by atoms with Crippen LogP contribution in [0.3, 0.4) is 0 Å². The van der Waals surface area contributed by atoms with E-state index in [0.717, 1.165) is 24.5 Å². The molecule has 86 valence electrons. The van der Waals surface area contributed by atoms with Crippen LogP contribution < -0.4 is 5.32 Å². The number of imidazole rings is 1. The third-order valence-electron chi connectivity index (χ3n) is 2.77. The normalized spacial score (nSPS) is 10.9. The number of aryl methyl sites for hydroxylation is 1. The highest BCUT2D eigenvalue weighted by atomic mass is 32.1. The molecule has 0 aliphatic rings. The van der Waals surface area contributed by atoms with Gasteiger partial charge in [0.05, 0.1) is 10.6 Å². The number of aromatic nitrogens is 2. The minimum Gasteiger partial charge on any atom is -0.330 e. The van der Waals surface area contributed by atoms with E-state index in [9.17, 15) is 0 Å². The number of hydrogen-bond donors (Lipinski definition) is 1. The van der Waals surface area contributed by atoms with Gasteiger partial charge in [-0.2, -0.15) is 0 Å². The van der Waals surface area contributed by atoms with E-state index in [1.54, 1.807) is 11.3 Å². The lowest BCUT2D eigenvalue weighted by atomic mass is 10.2. The number of likely N-dealkylation sites (N-methyl/N-ethyl adjacent to an activating group) is 1. The van der Waals surface area contributed by atoms with Crippen LogP contribution in [-0.4, -0.2) is 23.1 Å². The van der Waals surface area contributed by atoms with Crippen molar-refractivity contribution in [1.82, 2.24) is 14.9 Å². The van der Waals surface area contributed by atoms with Crippen molar-refractivity contribution >= 4 is 11.3 Å². The monoisotopic (exact) mass is 235 g/mol. The van der Waals surface area contributed by atoms with Gasteiger partial charge < -0.3 is 9.88 Å². The van der Waals surface area contributed by atoms with E-state index in [4.69, 9.17) is 0 Å². The zero-order valence-corrected chi connectivity index (χ0v) is 10.8. The van der Waals surface area contributed by atoms with Gasteiger partial charge in [-0.05, 0) is 25.4 Å². The first-order valence-corrected chi connectivity index (χ1v) is 6.32. The smallest absolute Gasteiger partial charge is 0.150 e. The SMILES string of the molecule is CNCCc1c(C)nc(-c2cccs2)n1C. The Morgan fingerprint density at radius 1 is 1.50 bits per heavy atom. The Kier molecular flexibility index (Phi) is 3.41. The third kappa shape index (κ3) is 2.03. The minimum atomic E-state index is 0.990. The zero-order valence-electron chi connectivity index (χ0n) is 9.95. The molecule has 0 saturated heterocycles. The van der Waals surface area contributed by atoms with E-state index in [1.807, 2.05) is 7.05 Å². The van der Waals surface area contributed by atoms with Crippen LogP contribution in [0.4, 0.5) is 0 Å². The Bertz CT molecular complexity index is 457. The van der Waals surface area contributed by atoms with E-state index in [1.165, 1.54) is 10.6 Å². The van der Waals surface area contributed by atoms with E-state index >= 15 is 0 Å². The van der Waals surface area contributed by atoms with Crippen molar-refractivity contribution in [2.45, 2.75) is 13.3 Å². The summed E-state index contributed by atoms with van der Waals surface area (Å²) >= 11 is 1.74. The molecule has 0 bridgehead atoms. The van der Waals surface area contributed by atoms with Crippen LogP contribution in [0.1, 0.15) is 11.4 Å². The lowest BCUT2D eigenvalue weighted by Gasteiger charge is -2.05. The van der Waals surface area contributed by atoms with Gasteiger partial charge >= 0.3 is 0 Å². The number of nitrogens with one attached hydrogen (secondary N) is 1. The lowest BCUT2D eigenvalue weighted by Crippen LogP contribution is -2.13. The van der Waals surface area contributed by atoms with E-state index < -0.39 is 0 Å². The molecule has 2 heterocycles. The predicted octanol–water partition coefficient (Wildman–Crippen LogP) is 2.22. The maximum absolute atomic E-state index is 4.65. The molecule has 2 aromatic heterocycles. The predicted molar refractivity (Wildman–Crippen MR) is 68.9 cm³/mol. The Labute approximate surface area is 100 Å². The lowest BCUT2D eigenvalue weighted by molar-refractivity contribution is 0.736. The summed E-state index contributed by atoms with van der Waals surface area (Å²) in [6, 6.07) is 4.19. The number of rotatable bonds is 4. The molecule has 16 heavy (non-hydrogen) atoms. The number of nitrogens with zero attached hydrogens (tertiary/aromatic N) is 2. The molecule has 0 atom stereocenters. The fraction of sp³-hybridized carbons (Fsp3) is 0.417. The van der Waals surface area contributed by atoms with Gasteiger partial charge in [0.1, 0.15) is 5.82 Å². The second-order valence-corrected chi connectivity index (χ2v) is 4.81. The highest BCUT2D eigenvalue weighted by molar-refractivity contribution is 7.13. The van der Waals surface area contributed by atoms with Crippen LogP contribution in [0.5, 0.6) is 0 Å². The molecular weight excluding hydrogens is 218 g/mol. The molecule has 1 N–H and O–H groups in total. The van der Waals surface area contributed by atoms with Crippen molar-refractivity contribution < 1.29 is 0 Å². The maximum atomic E-state index is 4.65. The fourth-order valence-corrected chi connectivity index (χ4v) is 2.64. The average molecular weight is 235 g/mol. The van der Waals surface area contributed by atoms with Gasteiger partial charge in [-0.1, -0.05) is 6.07 Å². The quantitative estimate of drug-likeness (QED) is 0.880. The molecule has 0 aromatic carbocycles. The molecule has 0 radical (unpaired) electrons. The first-order valence-electron chi connectivity index (χ1n) is 5.44. The molecule has 2 aromatic rings. The standard InChI is InChI=1S/C12H17N3S/c1-9-10(6-7-13-2)15(3)12(14-9)11-5-4-8-16-11/h4-5,8,13H,6-7H2,1-3H3. The highest BCUT2D eigenvalue weighted by Crippen LogP contribution is 2.25. The molecule has 3 nitrogen and oxygen atoms in total. The van der Waals surface area contributed by atoms with Crippen molar-refractivity contribution in [2.24, 2.45) is 7.05 Å². The first-order chi connectivity index (χ1) is 7.74. The van der Waals surface area contributed by atoms with Gasteiger partial charge in [-0.25, -0.2) is 4.98 Å². The van der Waals surface area contributed by atoms with Gasteiger partial charge in [0, 0.05) is 25.7 Å². The average Bonchev–Trinajstić information content (AvgIpc) is 2.86. The molecule has 0 aliphatic heterocycles. The van der Waals surface area contributed by atoms with Gasteiger partial charge in [0.25, 0.3) is 0 Å². The van der Waals surface area contributed by atoms with Crippen molar-refractivity contribution in [3.63, 3.8) is 0 Å². The van der Waals surface area contributed by atoms with E-state index in [0.29, 0.717) is 0 Å². The second kappa shape index (κ2) is 4.80. The van der Waals surface area contributed by atoms with Crippen molar-refractivity contribution in [3.05, 3.63) is 28.9 Å². The van der Waals surface area contributed by atoms with Crippen molar-refractivity contribution in [3.8, 4) is 10.7 Å². The molecule has 2 rings (SSSR count). The molecule has 0 fully saturated rings. The summed E-state index contributed by atoms with van der Waals surface area (Å²) in [6.45, 7) is 3.08. The summed E-state index contributed by atoms with van der Waals surface area (Å²) < 4.78 is 2.21. The van der Waals surface area contributed by atoms with E-state index in [-0.39, 0.29) is 0 Å². The third-order valence-corrected chi connectivity index (χ3v) is 3.63. The summed E-state index contributed by atoms with van der Waals surface area (Å²) in [5.74, 6) is 1.08. The Hall–Kier alpha value is -1.13. The highest BCUT2D eigenvalue weighted by Gasteiger charge is 2.12. The fourth-order valence-electron chi connectivity index (χ4n) is 1.89. The van der Waals surface area contributed by atoms with Gasteiger partial charge in [0.2, 0.25) is 0 Å². The molecular formula is C12H17N3S. The summed E-state index contributed by atoms with van der Waals surface area (Å²) in [5.41, 5.74) is 2.46. The maximum Gasteiger partial charge on any atom is 0.150 e. The van der Waals surface area contributed by atoms with Crippen molar-refractivity contribution in [1.29, 1.82) is 0 Å². The molecule has 0 amide bonds. The Balaban J connectivity index is 2.35. The largest absolute Gasteiger partial charge is 0.330 e. The summed E-state index contributed by atoms with van der Waals surface area (Å²) in [6.07, 6.45) is 1.03. The summed E-state index contributed by atoms with van der Waals surface area (Å²) in [4.78, 5) is 5.89. The van der Waals surface area contributed by atoms with Gasteiger partial charge in [0.15, 0.2) is 0 Å². The van der Waals surface area contributed by atoms with Crippen LogP contribution >= 0.6 is 11.3 Å². The second-order valence-electron chi connectivity index (χ2n) is 3.86. The van der Waals surface area contributed by atoms with Crippen LogP contribution in [0.25, 0.3) is 10.7 Å². The zero-order chi connectivity index (χ0) is 11.5. The molecule has 4 heteroatoms. The molecule has 0 unspecified atom stereocenters. The van der Waals surface area contributed by atoms with Crippen molar-refractivity contribution in [2.75, 3.05) is 13.6 Å². The number of hydrogen-bond acceptors (Lipinski definition) is 3.